The van der Waals surface area contributed by atoms with Gasteiger partial charge in [0.2, 0.25) is 0 Å². The fraction of sp³-hybridized carbons (Fsp3) is 0.643. The lowest BCUT2D eigenvalue weighted by atomic mass is 10.2. The van der Waals surface area contributed by atoms with E-state index in [4.69, 9.17) is 4.74 Å². The Morgan fingerprint density at radius 3 is 2.82 bits per heavy atom. The molecule has 0 saturated carbocycles. The zero-order chi connectivity index (χ0) is 12.3. The molecule has 0 aliphatic rings. The summed E-state index contributed by atoms with van der Waals surface area (Å²) in [6.45, 7) is 3.85. The molecule has 0 fully saturated rings. The SMILES string of the molecule is CCCCCCCOc1ccncc1CNC. The molecular formula is C14H24N2O. The molecule has 0 radical (unpaired) electrons. The standard InChI is InChI=1S/C14H24N2O/c1-3-4-5-6-7-10-17-14-8-9-16-12-13(14)11-15-2/h8-9,12,15H,3-7,10-11H2,1-2H3. The van der Waals surface area contributed by atoms with Crippen LogP contribution in [0.1, 0.15) is 44.6 Å². The highest BCUT2D eigenvalue weighted by atomic mass is 16.5. The Bertz CT molecular complexity index is 302. The van der Waals surface area contributed by atoms with Crippen molar-refractivity contribution < 1.29 is 4.74 Å². The maximum atomic E-state index is 5.79. The third-order valence-corrected chi connectivity index (χ3v) is 2.73. The van der Waals surface area contributed by atoms with E-state index in [0.29, 0.717) is 0 Å². The predicted octanol–water partition coefficient (Wildman–Crippen LogP) is 3.15. The van der Waals surface area contributed by atoms with Crippen molar-refractivity contribution in [1.29, 1.82) is 0 Å². The van der Waals surface area contributed by atoms with Crippen LogP contribution in [0.4, 0.5) is 0 Å². The Kier molecular flexibility index (Phi) is 7.39. The topological polar surface area (TPSA) is 34.1 Å². The van der Waals surface area contributed by atoms with Crippen molar-refractivity contribution in [2.24, 2.45) is 0 Å². The van der Waals surface area contributed by atoms with Gasteiger partial charge in [0.15, 0.2) is 0 Å². The highest BCUT2D eigenvalue weighted by Crippen LogP contribution is 2.16. The molecule has 0 atom stereocenters. The molecule has 0 saturated heterocycles. The summed E-state index contributed by atoms with van der Waals surface area (Å²) in [7, 11) is 1.93. The van der Waals surface area contributed by atoms with Crippen molar-refractivity contribution in [3.63, 3.8) is 0 Å². The average Bonchev–Trinajstić information content (AvgIpc) is 2.36. The maximum absolute atomic E-state index is 5.79. The van der Waals surface area contributed by atoms with Gasteiger partial charge in [-0.05, 0) is 19.5 Å². The Balaban J connectivity index is 2.25. The van der Waals surface area contributed by atoms with E-state index in [-0.39, 0.29) is 0 Å². The Labute approximate surface area is 105 Å². The quantitative estimate of drug-likeness (QED) is 0.669. The van der Waals surface area contributed by atoms with Crippen LogP contribution in [0.2, 0.25) is 0 Å². The van der Waals surface area contributed by atoms with E-state index in [2.05, 4.69) is 17.2 Å². The second-order valence-corrected chi connectivity index (χ2v) is 4.28. The fourth-order valence-corrected chi connectivity index (χ4v) is 1.77. The second kappa shape index (κ2) is 8.99. The summed E-state index contributed by atoms with van der Waals surface area (Å²) >= 11 is 0. The number of hydrogen-bond acceptors (Lipinski definition) is 3. The van der Waals surface area contributed by atoms with E-state index in [1.54, 1.807) is 6.20 Å². The molecule has 0 bridgehead atoms. The minimum absolute atomic E-state index is 0.805. The first-order valence-corrected chi connectivity index (χ1v) is 6.58. The Hall–Kier alpha value is -1.09. The van der Waals surface area contributed by atoms with Crippen LogP contribution in [-0.4, -0.2) is 18.6 Å². The van der Waals surface area contributed by atoms with Gasteiger partial charge in [0.05, 0.1) is 6.61 Å². The molecule has 0 spiro atoms. The maximum Gasteiger partial charge on any atom is 0.126 e. The van der Waals surface area contributed by atoms with Gasteiger partial charge in [-0.1, -0.05) is 32.6 Å². The molecule has 1 N–H and O–H groups in total. The zero-order valence-corrected chi connectivity index (χ0v) is 11.0. The van der Waals surface area contributed by atoms with Gasteiger partial charge >= 0.3 is 0 Å². The van der Waals surface area contributed by atoms with Gasteiger partial charge in [0, 0.05) is 24.5 Å². The zero-order valence-electron chi connectivity index (χ0n) is 11.0. The highest BCUT2D eigenvalue weighted by molar-refractivity contribution is 5.29. The number of unbranched alkanes of at least 4 members (excludes halogenated alkanes) is 4. The predicted molar refractivity (Wildman–Crippen MR) is 71.3 cm³/mol. The number of pyridine rings is 1. The lowest BCUT2D eigenvalue weighted by Gasteiger charge is -2.10. The Morgan fingerprint density at radius 2 is 2.06 bits per heavy atom. The molecule has 1 aromatic rings. The van der Waals surface area contributed by atoms with E-state index in [1.165, 1.54) is 25.7 Å². The molecule has 0 unspecified atom stereocenters. The minimum Gasteiger partial charge on any atom is -0.493 e. The first kappa shape index (κ1) is 14.0. The molecule has 96 valence electrons. The Morgan fingerprint density at radius 1 is 1.24 bits per heavy atom. The van der Waals surface area contributed by atoms with Crippen molar-refractivity contribution in [2.45, 2.75) is 45.6 Å². The summed E-state index contributed by atoms with van der Waals surface area (Å²) < 4.78 is 5.79. The second-order valence-electron chi connectivity index (χ2n) is 4.28. The van der Waals surface area contributed by atoms with Crippen LogP contribution in [0.3, 0.4) is 0 Å². The number of nitrogens with one attached hydrogen (secondary N) is 1. The van der Waals surface area contributed by atoms with Crippen LogP contribution in [0.25, 0.3) is 0 Å². The smallest absolute Gasteiger partial charge is 0.126 e. The van der Waals surface area contributed by atoms with E-state index >= 15 is 0 Å². The van der Waals surface area contributed by atoms with Gasteiger partial charge in [-0.15, -0.1) is 0 Å². The van der Waals surface area contributed by atoms with Crippen LogP contribution in [0, 0.1) is 0 Å². The number of hydrogen-bond donors (Lipinski definition) is 1. The van der Waals surface area contributed by atoms with Gasteiger partial charge < -0.3 is 10.1 Å². The minimum atomic E-state index is 0.805. The number of ether oxygens (including phenoxy) is 1. The van der Waals surface area contributed by atoms with Crippen molar-refractivity contribution in [2.75, 3.05) is 13.7 Å². The molecule has 1 aromatic heterocycles. The van der Waals surface area contributed by atoms with Crippen molar-refractivity contribution in [3.05, 3.63) is 24.0 Å². The summed E-state index contributed by atoms with van der Waals surface area (Å²) in [6.07, 6.45) is 9.99. The number of aromatic nitrogens is 1. The van der Waals surface area contributed by atoms with Gasteiger partial charge in [-0.2, -0.15) is 0 Å². The average molecular weight is 236 g/mol. The van der Waals surface area contributed by atoms with Crippen LogP contribution in [0.15, 0.2) is 18.5 Å². The van der Waals surface area contributed by atoms with E-state index in [0.717, 1.165) is 30.9 Å². The monoisotopic (exact) mass is 236 g/mol. The van der Waals surface area contributed by atoms with Crippen LogP contribution >= 0.6 is 0 Å². The first-order valence-electron chi connectivity index (χ1n) is 6.58. The molecule has 0 aliphatic carbocycles. The van der Waals surface area contributed by atoms with Gasteiger partial charge in [0.25, 0.3) is 0 Å². The lowest BCUT2D eigenvalue weighted by Crippen LogP contribution is -2.08. The van der Waals surface area contributed by atoms with Gasteiger partial charge in [-0.3, -0.25) is 4.98 Å². The molecule has 0 aromatic carbocycles. The number of nitrogens with zero attached hydrogens (tertiary/aromatic N) is 1. The van der Waals surface area contributed by atoms with Gasteiger partial charge in [0.1, 0.15) is 5.75 Å². The van der Waals surface area contributed by atoms with E-state index in [9.17, 15) is 0 Å². The molecular weight excluding hydrogens is 212 g/mol. The molecule has 3 nitrogen and oxygen atoms in total. The summed E-state index contributed by atoms with van der Waals surface area (Å²) in [4.78, 5) is 4.11. The van der Waals surface area contributed by atoms with Crippen LogP contribution in [-0.2, 0) is 6.54 Å². The molecule has 1 heterocycles. The largest absolute Gasteiger partial charge is 0.493 e. The molecule has 0 aliphatic heterocycles. The summed E-state index contributed by atoms with van der Waals surface area (Å²) in [5.41, 5.74) is 1.13. The van der Waals surface area contributed by atoms with Crippen LogP contribution < -0.4 is 10.1 Å². The molecule has 0 amide bonds. The molecule has 1 rings (SSSR count). The first-order chi connectivity index (χ1) is 8.38. The van der Waals surface area contributed by atoms with E-state index in [1.807, 2.05) is 19.3 Å². The molecule has 17 heavy (non-hydrogen) atoms. The third-order valence-electron chi connectivity index (χ3n) is 2.73. The summed E-state index contributed by atoms with van der Waals surface area (Å²) in [5, 5.41) is 3.12. The summed E-state index contributed by atoms with van der Waals surface area (Å²) in [5.74, 6) is 0.963. The van der Waals surface area contributed by atoms with E-state index < -0.39 is 0 Å². The summed E-state index contributed by atoms with van der Waals surface area (Å²) in [6, 6.07) is 1.94. The third kappa shape index (κ3) is 5.68. The lowest BCUT2D eigenvalue weighted by molar-refractivity contribution is 0.300. The van der Waals surface area contributed by atoms with Crippen LogP contribution in [0.5, 0.6) is 5.75 Å². The van der Waals surface area contributed by atoms with Crippen molar-refractivity contribution in [3.8, 4) is 5.75 Å². The highest BCUT2D eigenvalue weighted by Gasteiger charge is 2.01. The fourth-order valence-electron chi connectivity index (χ4n) is 1.77. The van der Waals surface area contributed by atoms with Gasteiger partial charge in [-0.25, -0.2) is 0 Å². The molecule has 3 heteroatoms. The number of rotatable bonds is 9. The van der Waals surface area contributed by atoms with Crippen molar-refractivity contribution >= 4 is 0 Å². The normalized spacial score (nSPS) is 10.5. The van der Waals surface area contributed by atoms with Crippen molar-refractivity contribution in [1.82, 2.24) is 10.3 Å².